The maximum Gasteiger partial charge on any atom is 0.496 e. The van der Waals surface area contributed by atoms with Crippen LogP contribution in [0.15, 0.2) is 29.7 Å². The van der Waals surface area contributed by atoms with Crippen LogP contribution in [0.2, 0.25) is 0 Å². The van der Waals surface area contributed by atoms with Crippen molar-refractivity contribution in [2.75, 3.05) is 11.9 Å². The highest BCUT2D eigenvalue weighted by Gasteiger charge is 2.52. The van der Waals surface area contributed by atoms with Crippen LogP contribution >= 0.6 is 0 Å². The Bertz CT molecular complexity index is 715. The molecule has 26 heavy (non-hydrogen) atoms. The molecule has 1 aromatic rings. The Labute approximate surface area is 151 Å². The number of rotatable bonds is 5. The lowest BCUT2D eigenvalue weighted by molar-refractivity contribution is -0.147. The topological polar surface area (TPSA) is 54.6 Å². The van der Waals surface area contributed by atoms with E-state index in [1.54, 1.807) is 0 Å². The van der Waals surface area contributed by atoms with Crippen molar-refractivity contribution in [3.63, 3.8) is 0 Å². The maximum atomic E-state index is 13.3. The minimum atomic E-state index is -4.50. The summed E-state index contributed by atoms with van der Waals surface area (Å²) in [6.07, 6.45) is -2.26. The first-order chi connectivity index (χ1) is 11.8. The number of hydrogen-bond acceptors (Lipinski definition) is 4. The molecule has 2 heterocycles. The van der Waals surface area contributed by atoms with Crippen LogP contribution in [-0.2, 0) is 9.31 Å². The van der Waals surface area contributed by atoms with Crippen molar-refractivity contribution in [1.29, 1.82) is 0 Å². The Hall–Kier alpha value is -1.74. The van der Waals surface area contributed by atoms with Gasteiger partial charge in [0.25, 0.3) is 5.56 Å². The van der Waals surface area contributed by atoms with E-state index in [9.17, 15) is 18.0 Å². The smallest absolute Gasteiger partial charge is 0.399 e. The predicted octanol–water partition coefficient (Wildman–Crippen LogP) is 2.62. The average Bonchev–Trinajstić information content (AvgIpc) is 2.71. The molecule has 144 valence electrons. The minimum Gasteiger partial charge on any atom is -0.399 e. The van der Waals surface area contributed by atoms with Gasteiger partial charge in [0.2, 0.25) is 0 Å². The Kier molecular flexibility index (Phi) is 5.36. The number of anilines is 1. The summed E-state index contributed by atoms with van der Waals surface area (Å²) in [4.78, 5) is 15.5. The van der Waals surface area contributed by atoms with E-state index >= 15 is 0 Å². The van der Waals surface area contributed by atoms with Crippen molar-refractivity contribution in [2.24, 2.45) is 0 Å². The van der Waals surface area contributed by atoms with E-state index in [1.165, 1.54) is 25.4 Å². The molecular formula is C17H24BF3N2O3. The molecule has 1 N–H and O–H groups in total. The summed E-state index contributed by atoms with van der Waals surface area (Å²) < 4.78 is 51.8. The number of aromatic amines is 1. The molecule has 1 aliphatic heterocycles. The fraction of sp³-hybridized carbons (Fsp3) is 0.588. The van der Waals surface area contributed by atoms with E-state index in [4.69, 9.17) is 9.31 Å². The number of aromatic nitrogens is 1. The van der Waals surface area contributed by atoms with E-state index in [-0.39, 0.29) is 12.1 Å². The minimum absolute atomic E-state index is 0.110. The van der Waals surface area contributed by atoms with Crippen molar-refractivity contribution in [3.05, 3.63) is 35.3 Å². The molecule has 1 unspecified atom stereocenters. The Balaban J connectivity index is 2.39. The van der Waals surface area contributed by atoms with Crippen LogP contribution in [-0.4, -0.2) is 42.6 Å². The van der Waals surface area contributed by atoms with Gasteiger partial charge in [-0.2, -0.15) is 13.2 Å². The maximum absolute atomic E-state index is 13.3. The summed E-state index contributed by atoms with van der Waals surface area (Å²) in [6.45, 7) is 10.9. The summed E-state index contributed by atoms with van der Waals surface area (Å²) in [5.41, 5.74) is -1.48. The number of nitrogens with zero attached hydrogens (tertiary/aromatic N) is 1. The molecule has 1 aromatic heterocycles. The Morgan fingerprint density at radius 2 is 1.85 bits per heavy atom. The van der Waals surface area contributed by atoms with E-state index < -0.39 is 36.1 Å². The summed E-state index contributed by atoms with van der Waals surface area (Å²) in [7, 11) is 0.452. The summed E-state index contributed by atoms with van der Waals surface area (Å²) >= 11 is 0. The van der Waals surface area contributed by atoms with Crippen LogP contribution in [0.4, 0.5) is 18.9 Å². The monoisotopic (exact) mass is 372 g/mol. The lowest BCUT2D eigenvalue weighted by Crippen LogP contribution is -2.46. The van der Waals surface area contributed by atoms with Gasteiger partial charge in [-0.25, -0.2) is 0 Å². The van der Waals surface area contributed by atoms with Gasteiger partial charge >= 0.3 is 13.3 Å². The van der Waals surface area contributed by atoms with Crippen LogP contribution in [0.3, 0.4) is 0 Å². The van der Waals surface area contributed by atoms with Crippen molar-refractivity contribution in [2.45, 2.75) is 57.5 Å². The van der Waals surface area contributed by atoms with Crippen LogP contribution in [0.5, 0.6) is 0 Å². The summed E-state index contributed by atoms with van der Waals surface area (Å²) in [5, 5.41) is 0. The van der Waals surface area contributed by atoms with Gasteiger partial charge in [-0.3, -0.25) is 4.79 Å². The van der Waals surface area contributed by atoms with E-state index in [0.717, 1.165) is 4.90 Å². The highest BCUT2D eigenvalue weighted by molar-refractivity contribution is 6.62. The normalized spacial score (nSPS) is 20.1. The zero-order chi connectivity index (χ0) is 19.9. The SMILES string of the molecule is C=CCC(N(C)c1cc(B2OC(C)(C)C(C)(C)O2)c[nH]c1=O)C(F)(F)F. The van der Waals surface area contributed by atoms with E-state index in [0.29, 0.717) is 5.46 Å². The Morgan fingerprint density at radius 3 is 2.31 bits per heavy atom. The molecular weight excluding hydrogens is 348 g/mol. The zero-order valence-corrected chi connectivity index (χ0v) is 15.6. The molecule has 0 aliphatic carbocycles. The van der Waals surface area contributed by atoms with Crippen molar-refractivity contribution >= 4 is 18.3 Å². The van der Waals surface area contributed by atoms with Crippen molar-refractivity contribution in [3.8, 4) is 0 Å². The molecule has 0 spiro atoms. The summed E-state index contributed by atoms with van der Waals surface area (Å²) in [5.74, 6) is 0. The quantitative estimate of drug-likeness (QED) is 0.638. The number of pyridine rings is 1. The second kappa shape index (κ2) is 6.77. The fourth-order valence-corrected chi connectivity index (χ4v) is 2.70. The molecule has 1 aliphatic rings. The van der Waals surface area contributed by atoms with Crippen LogP contribution in [0, 0.1) is 0 Å². The van der Waals surface area contributed by atoms with E-state index in [2.05, 4.69) is 11.6 Å². The largest absolute Gasteiger partial charge is 0.496 e. The number of nitrogens with one attached hydrogen (secondary N) is 1. The molecule has 1 fully saturated rings. The lowest BCUT2D eigenvalue weighted by atomic mass is 9.80. The van der Waals surface area contributed by atoms with Gasteiger partial charge in [0.05, 0.1) is 11.2 Å². The number of alkyl halides is 3. The average molecular weight is 372 g/mol. The number of H-pyrrole nitrogens is 1. The first-order valence-corrected chi connectivity index (χ1v) is 8.29. The molecule has 5 nitrogen and oxygen atoms in total. The molecule has 0 radical (unpaired) electrons. The highest BCUT2D eigenvalue weighted by atomic mass is 19.4. The van der Waals surface area contributed by atoms with Gasteiger partial charge in [-0.1, -0.05) is 6.08 Å². The highest BCUT2D eigenvalue weighted by Crippen LogP contribution is 2.36. The molecule has 1 saturated heterocycles. The zero-order valence-electron chi connectivity index (χ0n) is 15.6. The fourth-order valence-electron chi connectivity index (χ4n) is 2.70. The second-order valence-corrected chi connectivity index (χ2v) is 7.43. The molecule has 0 bridgehead atoms. The second-order valence-electron chi connectivity index (χ2n) is 7.43. The number of hydrogen-bond donors (Lipinski definition) is 1. The van der Waals surface area contributed by atoms with Crippen molar-refractivity contribution in [1.82, 2.24) is 4.98 Å². The third-order valence-electron chi connectivity index (χ3n) is 5.05. The molecule has 0 saturated carbocycles. The third kappa shape index (κ3) is 3.83. The predicted molar refractivity (Wildman–Crippen MR) is 95.8 cm³/mol. The molecule has 1 atom stereocenters. The van der Waals surface area contributed by atoms with Gasteiger partial charge in [-0.15, -0.1) is 6.58 Å². The Morgan fingerprint density at radius 1 is 1.31 bits per heavy atom. The van der Waals surface area contributed by atoms with Crippen LogP contribution in [0.1, 0.15) is 34.1 Å². The lowest BCUT2D eigenvalue weighted by Gasteiger charge is -2.32. The first kappa shape index (κ1) is 20.6. The number of halogens is 3. The van der Waals surface area contributed by atoms with Crippen molar-refractivity contribution < 1.29 is 22.5 Å². The molecule has 0 aromatic carbocycles. The van der Waals surface area contributed by atoms with Gasteiger partial charge in [0.1, 0.15) is 11.7 Å². The van der Waals surface area contributed by atoms with E-state index in [1.807, 2.05) is 27.7 Å². The molecule has 2 rings (SSSR count). The van der Waals surface area contributed by atoms with Crippen LogP contribution < -0.4 is 15.9 Å². The summed E-state index contributed by atoms with van der Waals surface area (Å²) in [6, 6.07) is -0.474. The molecule has 0 amide bonds. The van der Waals surface area contributed by atoms with Crippen LogP contribution in [0.25, 0.3) is 0 Å². The standard InChI is InChI=1S/C17H24BF3N2O3/c1-7-8-13(17(19,20)21)23(6)12-9-11(10-22-14(12)24)18-25-15(2,3)16(4,5)26-18/h7,9-10,13H,1,8H2,2-6H3,(H,22,24). The third-order valence-corrected chi connectivity index (χ3v) is 5.05. The van der Waals surface area contributed by atoms with Gasteiger partial charge in [0.15, 0.2) is 0 Å². The first-order valence-electron chi connectivity index (χ1n) is 8.29. The molecule has 9 heteroatoms. The van der Waals surface area contributed by atoms with Gasteiger partial charge in [0, 0.05) is 18.7 Å². The van der Waals surface area contributed by atoms with Gasteiger partial charge < -0.3 is 19.2 Å². The van der Waals surface area contributed by atoms with Gasteiger partial charge in [-0.05, 0) is 40.2 Å².